The number of hydrogen-bond donors (Lipinski definition) is 1. The molecule has 0 aliphatic carbocycles. The summed E-state index contributed by atoms with van der Waals surface area (Å²) in [7, 11) is -2.31. The number of halogens is 1. The number of fused-ring (bicyclic) bond motifs is 1. The molecule has 2 aromatic carbocycles. The van der Waals surface area contributed by atoms with E-state index in [1.807, 2.05) is 19.1 Å². The van der Waals surface area contributed by atoms with Crippen LogP contribution in [0.3, 0.4) is 0 Å². The van der Waals surface area contributed by atoms with Crippen LogP contribution < -0.4 is 9.46 Å². The van der Waals surface area contributed by atoms with Gasteiger partial charge >= 0.3 is 0 Å². The van der Waals surface area contributed by atoms with Gasteiger partial charge in [-0.15, -0.1) is 0 Å². The van der Waals surface area contributed by atoms with Crippen LogP contribution in [0.5, 0.6) is 5.75 Å². The summed E-state index contributed by atoms with van der Waals surface area (Å²) in [6.07, 6.45) is 1.64. The first-order chi connectivity index (χ1) is 11.4. The highest BCUT2D eigenvalue weighted by molar-refractivity contribution is 7.93. The van der Waals surface area contributed by atoms with Crippen molar-refractivity contribution < 1.29 is 13.2 Å². The molecule has 0 atom stereocenters. The molecular formula is C17H15ClN2O3S. The lowest BCUT2D eigenvalue weighted by molar-refractivity contribution is 0.415. The second-order valence-electron chi connectivity index (χ2n) is 5.30. The minimum atomic E-state index is -3.80. The van der Waals surface area contributed by atoms with Crippen LogP contribution in [0.2, 0.25) is 5.02 Å². The zero-order chi connectivity index (χ0) is 17.3. The maximum absolute atomic E-state index is 12.7. The molecule has 0 saturated carbocycles. The second kappa shape index (κ2) is 6.30. The van der Waals surface area contributed by atoms with Crippen molar-refractivity contribution in [2.75, 3.05) is 11.8 Å². The van der Waals surface area contributed by atoms with Gasteiger partial charge in [0.15, 0.2) is 0 Å². The minimum absolute atomic E-state index is 0.118. The van der Waals surface area contributed by atoms with Crippen LogP contribution in [0.1, 0.15) is 5.56 Å². The molecule has 0 aliphatic heterocycles. The Bertz CT molecular complexity index is 1020. The summed E-state index contributed by atoms with van der Waals surface area (Å²) in [6, 6.07) is 11.6. The number of para-hydroxylation sites is 1. The van der Waals surface area contributed by atoms with Crippen LogP contribution in [0.4, 0.5) is 5.69 Å². The van der Waals surface area contributed by atoms with Crippen LogP contribution in [0.15, 0.2) is 53.6 Å². The SMILES string of the molecule is COc1ccc(NS(=O)(=O)c2cccc3cc(C)cnc23)cc1Cl. The van der Waals surface area contributed by atoms with E-state index >= 15 is 0 Å². The van der Waals surface area contributed by atoms with Gasteiger partial charge in [0, 0.05) is 11.6 Å². The summed E-state index contributed by atoms with van der Waals surface area (Å²) in [5.74, 6) is 0.474. The molecule has 1 N–H and O–H groups in total. The number of pyridine rings is 1. The number of aryl methyl sites for hydroxylation is 1. The van der Waals surface area contributed by atoms with Crippen molar-refractivity contribution in [2.24, 2.45) is 0 Å². The molecular weight excluding hydrogens is 348 g/mol. The minimum Gasteiger partial charge on any atom is -0.495 e. The average molecular weight is 363 g/mol. The number of benzene rings is 2. The quantitative estimate of drug-likeness (QED) is 0.761. The van der Waals surface area contributed by atoms with E-state index in [1.165, 1.54) is 19.2 Å². The third kappa shape index (κ3) is 3.16. The normalized spacial score (nSPS) is 11.5. The third-order valence-corrected chi connectivity index (χ3v) is 5.21. The number of sulfonamides is 1. The molecule has 24 heavy (non-hydrogen) atoms. The summed E-state index contributed by atoms with van der Waals surface area (Å²) < 4.78 is 33.1. The molecule has 0 fully saturated rings. The Kier molecular flexibility index (Phi) is 4.34. The van der Waals surface area contributed by atoms with E-state index in [2.05, 4.69) is 9.71 Å². The number of anilines is 1. The molecule has 0 radical (unpaired) electrons. The highest BCUT2D eigenvalue weighted by atomic mass is 35.5. The summed E-state index contributed by atoms with van der Waals surface area (Å²) in [5, 5.41) is 1.09. The maximum Gasteiger partial charge on any atom is 0.264 e. The van der Waals surface area contributed by atoms with Gasteiger partial charge in [0.25, 0.3) is 10.0 Å². The van der Waals surface area contributed by atoms with E-state index < -0.39 is 10.0 Å². The standard InChI is InChI=1S/C17H15ClN2O3S/c1-11-8-12-4-3-5-16(17(12)19-10-11)24(21,22)20-13-6-7-15(23-2)14(18)9-13/h3-10,20H,1-2H3. The topological polar surface area (TPSA) is 68.3 Å². The number of hydrogen-bond acceptors (Lipinski definition) is 4. The molecule has 124 valence electrons. The molecule has 3 aromatic rings. The molecule has 1 aromatic heterocycles. The Hall–Kier alpha value is -2.31. The third-order valence-electron chi connectivity index (χ3n) is 3.50. The molecule has 3 rings (SSSR count). The lowest BCUT2D eigenvalue weighted by Gasteiger charge is -2.11. The van der Waals surface area contributed by atoms with Gasteiger partial charge in [0.05, 0.1) is 23.3 Å². The van der Waals surface area contributed by atoms with E-state index in [4.69, 9.17) is 16.3 Å². The fourth-order valence-corrected chi connectivity index (χ4v) is 3.89. The van der Waals surface area contributed by atoms with Crippen LogP contribution in [0.25, 0.3) is 10.9 Å². The summed E-state index contributed by atoms with van der Waals surface area (Å²) in [4.78, 5) is 4.39. The first-order valence-electron chi connectivity index (χ1n) is 7.12. The van der Waals surface area contributed by atoms with E-state index in [0.29, 0.717) is 22.0 Å². The van der Waals surface area contributed by atoms with Gasteiger partial charge in [0.2, 0.25) is 0 Å². The van der Waals surface area contributed by atoms with Gasteiger partial charge < -0.3 is 4.74 Å². The Balaban J connectivity index is 2.04. The molecule has 0 saturated heterocycles. The monoisotopic (exact) mass is 362 g/mol. The van der Waals surface area contributed by atoms with Crippen molar-refractivity contribution in [1.29, 1.82) is 0 Å². The van der Waals surface area contributed by atoms with E-state index in [0.717, 1.165) is 10.9 Å². The highest BCUT2D eigenvalue weighted by Crippen LogP contribution is 2.29. The van der Waals surface area contributed by atoms with Crippen LogP contribution in [-0.4, -0.2) is 20.5 Å². The fourth-order valence-electron chi connectivity index (χ4n) is 2.40. The van der Waals surface area contributed by atoms with E-state index in [9.17, 15) is 8.42 Å². The van der Waals surface area contributed by atoms with Crippen LogP contribution in [0, 0.1) is 6.92 Å². The molecule has 7 heteroatoms. The predicted molar refractivity (Wildman–Crippen MR) is 95.3 cm³/mol. The van der Waals surface area contributed by atoms with Crippen LogP contribution >= 0.6 is 11.6 Å². The zero-order valence-electron chi connectivity index (χ0n) is 13.1. The number of methoxy groups -OCH3 is 1. The lowest BCUT2D eigenvalue weighted by Crippen LogP contribution is -2.13. The second-order valence-corrected chi connectivity index (χ2v) is 7.35. The van der Waals surface area contributed by atoms with Crippen molar-refractivity contribution in [3.05, 3.63) is 59.2 Å². The van der Waals surface area contributed by atoms with Gasteiger partial charge in [0.1, 0.15) is 10.6 Å². The van der Waals surface area contributed by atoms with Gasteiger partial charge in [-0.05, 0) is 42.8 Å². The van der Waals surface area contributed by atoms with Gasteiger partial charge in [-0.3, -0.25) is 9.71 Å². The largest absolute Gasteiger partial charge is 0.495 e. The molecule has 0 unspecified atom stereocenters. The molecule has 5 nitrogen and oxygen atoms in total. The number of rotatable bonds is 4. The van der Waals surface area contributed by atoms with E-state index in [-0.39, 0.29) is 4.90 Å². The summed E-state index contributed by atoms with van der Waals surface area (Å²) >= 11 is 6.04. The lowest BCUT2D eigenvalue weighted by atomic mass is 10.2. The number of aromatic nitrogens is 1. The van der Waals surface area contributed by atoms with Crippen LogP contribution in [-0.2, 0) is 10.0 Å². The molecule has 0 bridgehead atoms. The van der Waals surface area contributed by atoms with Gasteiger partial charge in [-0.1, -0.05) is 23.7 Å². The number of ether oxygens (including phenoxy) is 1. The van der Waals surface area contributed by atoms with Gasteiger partial charge in [-0.2, -0.15) is 0 Å². The van der Waals surface area contributed by atoms with Crippen molar-refractivity contribution in [2.45, 2.75) is 11.8 Å². The highest BCUT2D eigenvalue weighted by Gasteiger charge is 2.19. The first-order valence-corrected chi connectivity index (χ1v) is 8.98. The Morgan fingerprint density at radius 2 is 1.96 bits per heavy atom. The van der Waals surface area contributed by atoms with Crippen molar-refractivity contribution in [3.8, 4) is 5.75 Å². The van der Waals surface area contributed by atoms with Crippen molar-refractivity contribution in [1.82, 2.24) is 4.98 Å². The van der Waals surface area contributed by atoms with Gasteiger partial charge in [-0.25, -0.2) is 8.42 Å². The van der Waals surface area contributed by atoms with E-state index in [1.54, 1.807) is 24.4 Å². The molecule has 1 heterocycles. The van der Waals surface area contributed by atoms with Crippen molar-refractivity contribution >= 4 is 38.2 Å². The summed E-state index contributed by atoms with van der Waals surface area (Å²) in [5.41, 5.74) is 1.74. The average Bonchev–Trinajstić information content (AvgIpc) is 2.53. The predicted octanol–water partition coefficient (Wildman–Crippen LogP) is 4.01. The zero-order valence-corrected chi connectivity index (χ0v) is 14.6. The summed E-state index contributed by atoms with van der Waals surface area (Å²) in [6.45, 7) is 1.91. The number of nitrogens with one attached hydrogen (secondary N) is 1. The Morgan fingerprint density at radius 1 is 1.17 bits per heavy atom. The first kappa shape index (κ1) is 16.5. The Labute approximate surface area is 145 Å². The molecule has 0 amide bonds. The fraction of sp³-hybridized carbons (Fsp3) is 0.118. The smallest absolute Gasteiger partial charge is 0.264 e. The number of nitrogens with zero attached hydrogens (tertiary/aromatic N) is 1. The van der Waals surface area contributed by atoms with Crippen molar-refractivity contribution in [3.63, 3.8) is 0 Å². The molecule has 0 spiro atoms. The maximum atomic E-state index is 12.7. The Morgan fingerprint density at radius 3 is 2.67 bits per heavy atom. The molecule has 0 aliphatic rings.